The van der Waals surface area contributed by atoms with Crippen LogP contribution in [0.5, 0.6) is 0 Å². The summed E-state index contributed by atoms with van der Waals surface area (Å²) in [5.41, 5.74) is 2.71. The predicted molar refractivity (Wildman–Crippen MR) is 107 cm³/mol. The van der Waals surface area contributed by atoms with Gasteiger partial charge in [0, 0.05) is 23.9 Å². The molecule has 0 spiro atoms. The lowest BCUT2D eigenvalue weighted by Crippen LogP contribution is -2.21. The van der Waals surface area contributed by atoms with Crippen LogP contribution in [-0.2, 0) is 9.59 Å². The topological polar surface area (TPSA) is 92.2 Å². The van der Waals surface area contributed by atoms with E-state index >= 15 is 0 Å². The molecule has 6 nitrogen and oxygen atoms in total. The van der Waals surface area contributed by atoms with Gasteiger partial charge >= 0.3 is 12.1 Å². The number of carbonyl (C=O) groups is 2. The number of carbonyl (C=O) groups excluding carboxylic acids is 1. The van der Waals surface area contributed by atoms with E-state index in [1.807, 2.05) is 24.3 Å². The van der Waals surface area contributed by atoms with Crippen LogP contribution in [-0.4, -0.2) is 33.1 Å². The Kier molecular flexibility index (Phi) is 6.82. The van der Waals surface area contributed by atoms with Gasteiger partial charge in [0.2, 0.25) is 5.91 Å². The molecule has 1 amide bonds. The summed E-state index contributed by atoms with van der Waals surface area (Å²) >= 11 is 0. The number of hydrogen-bond donors (Lipinski definition) is 2. The number of halogens is 4. The van der Waals surface area contributed by atoms with Crippen molar-refractivity contribution in [3.05, 3.63) is 78.4 Å². The first-order valence-corrected chi connectivity index (χ1v) is 9.39. The average molecular weight is 447 g/mol. The van der Waals surface area contributed by atoms with Gasteiger partial charge in [-0.1, -0.05) is 12.1 Å². The van der Waals surface area contributed by atoms with Crippen molar-refractivity contribution in [3.8, 4) is 11.3 Å². The summed E-state index contributed by atoms with van der Waals surface area (Å²) < 4.78 is 44.7. The van der Waals surface area contributed by atoms with E-state index in [-0.39, 0.29) is 23.6 Å². The van der Waals surface area contributed by atoms with E-state index in [1.165, 1.54) is 12.1 Å². The lowest BCUT2D eigenvalue weighted by atomic mass is 10.1. The van der Waals surface area contributed by atoms with E-state index in [0.29, 0.717) is 5.82 Å². The van der Waals surface area contributed by atoms with Gasteiger partial charge < -0.3 is 10.4 Å². The van der Waals surface area contributed by atoms with Gasteiger partial charge in [-0.05, 0) is 60.4 Å². The highest BCUT2D eigenvalue weighted by molar-refractivity contribution is 5.94. The van der Waals surface area contributed by atoms with E-state index in [4.69, 9.17) is 9.90 Å². The van der Waals surface area contributed by atoms with Gasteiger partial charge in [-0.15, -0.1) is 0 Å². The number of alkyl halides is 3. The zero-order chi connectivity index (χ0) is 23.3. The molecule has 0 radical (unpaired) electrons. The minimum Gasteiger partial charge on any atom is -0.475 e. The molecule has 2 N–H and O–H groups in total. The maximum Gasteiger partial charge on any atom is 0.490 e. The first kappa shape index (κ1) is 22.9. The van der Waals surface area contributed by atoms with Gasteiger partial charge in [0.1, 0.15) is 11.6 Å². The summed E-state index contributed by atoms with van der Waals surface area (Å²) in [6, 6.07) is 15.6. The maximum absolute atomic E-state index is 13.0. The molecule has 2 unspecified atom stereocenters. The third-order valence-corrected chi connectivity index (χ3v) is 4.64. The van der Waals surface area contributed by atoms with Crippen LogP contribution in [0.15, 0.2) is 67.0 Å². The number of nitrogens with one attached hydrogen (secondary N) is 1. The largest absolute Gasteiger partial charge is 0.490 e. The van der Waals surface area contributed by atoms with Gasteiger partial charge in [0.25, 0.3) is 0 Å². The minimum atomic E-state index is -5.08. The average Bonchev–Trinajstić information content (AvgIpc) is 3.56. The fraction of sp³-hybridized carbons (Fsp3) is 0.182. The first-order valence-electron chi connectivity index (χ1n) is 9.39. The lowest BCUT2D eigenvalue weighted by molar-refractivity contribution is -0.192. The Balaban J connectivity index is 0.000000360. The molecule has 0 bridgehead atoms. The van der Waals surface area contributed by atoms with E-state index in [2.05, 4.69) is 15.3 Å². The van der Waals surface area contributed by atoms with Crippen molar-refractivity contribution in [2.45, 2.75) is 18.5 Å². The van der Waals surface area contributed by atoms with Gasteiger partial charge in [0.15, 0.2) is 0 Å². The van der Waals surface area contributed by atoms with Crippen molar-refractivity contribution < 1.29 is 32.3 Å². The highest BCUT2D eigenvalue weighted by Crippen LogP contribution is 2.47. The summed E-state index contributed by atoms with van der Waals surface area (Å²) in [5, 5.41) is 9.97. The number of hydrogen-bond acceptors (Lipinski definition) is 4. The summed E-state index contributed by atoms with van der Waals surface area (Å²) in [4.78, 5) is 29.7. The standard InChI is InChI=1S/C20H16FN3O.C2HF3O2/c21-15-7-4-13(5-8-15)18-9-6-14(12-23-18)16-11-17(16)20(25)24-19-3-1-2-10-22-19;3-2(4,5)1(6)7/h1-10,12,16-17H,11H2,(H,22,24,25);(H,6,7). The molecule has 1 aromatic carbocycles. The molecule has 3 aromatic rings. The van der Waals surface area contributed by atoms with E-state index in [1.54, 1.807) is 30.6 Å². The Morgan fingerprint density at radius 3 is 2.22 bits per heavy atom. The highest BCUT2D eigenvalue weighted by atomic mass is 19.4. The molecule has 2 aromatic heterocycles. The maximum atomic E-state index is 13.0. The number of rotatable bonds is 4. The van der Waals surface area contributed by atoms with Crippen LogP contribution in [0.2, 0.25) is 0 Å². The SMILES string of the molecule is O=C(Nc1ccccn1)C1CC1c1ccc(-c2ccc(F)cc2)nc1.O=C(O)C(F)(F)F. The van der Waals surface area contributed by atoms with Gasteiger partial charge in [0.05, 0.1) is 5.69 Å². The Labute approximate surface area is 180 Å². The van der Waals surface area contributed by atoms with Crippen molar-refractivity contribution in [3.63, 3.8) is 0 Å². The van der Waals surface area contributed by atoms with Gasteiger partial charge in [-0.25, -0.2) is 14.2 Å². The number of anilines is 1. The number of pyridine rings is 2. The van der Waals surface area contributed by atoms with Crippen LogP contribution in [0, 0.1) is 11.7 Å². The Hall–Kier alpha value is -3.82. The van der Waals surface area contributed by atoms with Crippen molar-refractivity contribution in [2.75, 3.05) is 5.32 Å². The van der Waals surface area contributed by atoms with Crippen molar-refractivity contribution in [2.24, 2.45) is 5.92 Å². The number of aromatic nitrogens is 2. The van der Waals surface area contributed by atoms with Crippen molar-refractivity contribution in [1.29, 1.82) is 0 Å². The predicted octanol–water partition coefficient (Wildman–Crippen LogP) is 4.66. The molecular weight excluding hydrogens is 430 g/mol. The van der Waals surface area contributed by atoms with Crippen LogP contribution in [0.4, 0.5) is 23.4 Å². The molecule has 166 valence electrons. The summed E-state index contributed by atoms with van der Waals surface area (Å²) in [6.45, 7) is 0. The number of benzene rings is 1. The summed E-state index contributed by atoms with van der Waals surface area (Å²) in [5.74, 6) is -2.30. The fourth-order valence-electron chi connectivity index (χ4n) is 2.92. The van der Waals surface area contributed by atoms with Crippen LogP contribution >= 0.6 is 0 Å². The van der Waals surface area contributed by atoms with E-state index in [9.17, 15) is 22.4 Å². The summed E-state index contributed by atoms with van der Waals surface area (Å²) in [6.07, 6.45) is -0.814. The number of amides is 1. The van der Waals surface area contributed by atoms with Gasteiger partial charge in [-0.3, -0.25) is 9.78 Å². The monoisotopic (exact) mass is 447 g/mol. The minimum absolute atomic E-state index is 0.00805. The highest BCUT2D eigenvalue weighted by Gasteiger charge is 2.44. The molecule has 1 aliphatic rings. The second-order valence-electron chi connectivity index (χ2n) is 6.94. The molecule has 0 saturated heterocycles. The zero-order valence-electron chi connectivity index (χ0n) is 16.4. The molecule has 32 heavy (non-hydrogen) atoms. The smallest absolute Gasteiger partial charge is 0.475 e. The molecule has 1 aliphatic carbocycles. The molecule has 10 heteroatoms. The van der Waals surface area contributed by atoms with Gasteiger partial charge in [-0.2, -0.15) is 13.2 Å². The number of nitrogens with zero attached hydrogens (tertiary/aromatic N) is 2. The van der Waals surface area contributed by atoms with E-state index in [0.717, 1.165) is 23.2 Å². The zero-order valence-corrected chi connectivity index (χ0v) is 16.4. The summed E-state index contributed by atoms with van der Waals surface area (Å²) in [7, 11) is 0. The molecule has 2 heterocycles. The van der Waals surface area contributed by atoms with Crippen molar-refractivity contribution >= 4 is 17.7 Å². The number of aliphatic carboxylic acids is 1. The van der Waals surface area contributed by atoms with E-state index < -0.39 is 12.1 Å². The Morgan fingerprint density at radius 1 is 1.00 bits per heavy atom. The molecule has 4 rings (SSSR count). The Bertz CT molecular complexity index is 1070. The molecule has 1 fully saturated rings. The molecule has 1 saturated carbocycles. The Morgan fingerprint density at radius 2 is 1.69 bits per heavy atom. The molecule has 2 atom stereocenters. The fourth-order valence-corrected chi connectivity index (χ4v) is 2.92. The van der Waals surface area contributed by atoms with Crippen molar-refractivity contribution in [1.82, 2.24) is 9.97 Å². The third kappa shape index (κ3) is 6.10. The second-order valence-corrected chi connectivity index (χ2v) is 6.94. The first-order chi connectivity index (χ1) is 15.1. The quantitative estimate of drug-likeness (QED) is 0.568. The van der Waals surface area contributed by atoms with Crippen LogP contribution < -0.4 is 5.32 Å². The molecular formula is C22H17F4N3O3. The second kappa shape index (κ2) is 9.54. The van der Waals surface area contributed by atoms with Crippen LogP contribution in [0.1, 0.15) is 17.9 Å². The normalized spacial score (nSPS) is 17.0. The molecule has 0 aliphatic heterocycles. The van der Waals surface area contributed by atoms with Crippen LogP contribution in [0.3, 0.4) is 0 Å². The lowest BCUT2D eigenvalue weighted by Gasteiger charge is -2.05. The van der Waals surface area contributed by atoms with Crippen LogP contribution in [0.25, 0.3) is 11.3 Å². The number of carboxylic acid groups (broad SMARTS) is 1. The number of carboxylic acids is 1. The third-order valence-electron chi connectivity index (χ3n) is 4.64.